The summed E-state index contributed by atoms with van der Waals surface area (Å²) in [4.78, 5) is 4.72. The Bertz CT molecular complexity index is 202. The third-order valence-corrected chi connectivity index (χ3v) is 5.32. The third-order valence-electron chi connectivity index (χ3n) is 5.32. The summed E-state index contributed by atoms with van der Waals surface area (Å²) in [6.45, 7) is 4.42. The van der Waals surface area contributed by atoms with Crippen LogP contribution in [0.1, 0.15) is 97.3 Å². The van der Waals surface area contributed by atoms with Crippen LogP contribution in [-0.2, 0) is 0 Å². The van der Waals surface area contributed by atoms with E-state index in [0.29, 0.717) is 0 Å². The summed E-state index contributed by atoms with van der Waals surface area (Å²) in [6.07, 6.45) is 18.5. The zero-order chi connectivity index (χ0) is 17.5. The zero-order valence-corrected chi connectivity index (χ0v) is 17.2. The molecule has 0 aromatic heterocycles. The van der Waals surface area contributed by atoms with Gasteiger partial charge in [0.2, 0.25) is 0 Å². The van der Waals surface area contributed by atoms with Gasteiger partial charge in [-0.05, 0) is 53.9 Å². The zero-order valence-electron chi connectivity index (χ0n) is 17.2. The molecule has 0 amide bonds. The van der Waals surface area contributed by atoms with Crippen molar-refractivity contribution in [2.45, 2.75) is 109 Å². The summed E-state index contributed by atoms with van der Waals surface area (Å²) in [7, 11) is 8.76. The molecule has 140 valence electrons. The van der Waals surface area contributed by atoms with Crippen molar-refractivity contribution in [1.29, 1.82) is 0 Å². The molecule has 0 atom stereocenters. The van der Waals surface area contributed by atoms with E-state index in [-0.39, 0.29) is 0 Å². The maximum atomic E-state index is 2.36. The first kappa shape index (κ1) is 22.9. The maximum absolute atomic E-state index is 2.36. The minimum Gasteiger partial charge on any atom is -0.306 e. The molecule has 23 heavy (non-hydrogen) atoms. The first-order chi connectivity index (χ1) is 11.0. The summed E-state index contributed by atoms with van der Waals surface area (Å²) in [5, 5.41) is 0. The second-order valence-electron chi connectivity index (χ2n) is 7.86. The fraction of sp³-hybridized carbons (Fsp3) is 1.00. The van der Waals surface area contributed by atoms with Crippen molar-refractivity contribution in [2.24, 2.45) is 0 Å². The van der Waals surface area contributed by atoms with Gasteiger partial charge in [-0.1, -0.05) is 71.6 Å². The van der Waals surface area contributed by atoms with E-state index in [1.807, 2.05) is 0 Å². The molecule has 2 fully saturated rings. The van der Waals surface area contributed by atoms with Gasteiger partial charge in [-0.25, -0.2) is 0 Å². The van der Waals surface area contributed by atoms with Crippen molar-refractivity contribution >= 4 is 0 Å². The lowest BCUT2D eigenvalue weighted by Gasteiger charge is -2.27. The molecule has 0 N–H and O–H groups in total. The molecule has 0 aromatic carbocycles. The van der Waals surface area contributed by atoms with Crippen molar-refractivity contribution in [1.82, 2.24) is 9.80 Å². The van der Waals surface area contributed by atoms with E-state index in [9.17, 15) is 0 Å². The lowest BCUT2D eigenvalue weighted by atomic mass is 9.95. The molecule has 2 saturated carbocycles. The molecule has 0 aliphatic heterocycles. The number of unbranched alkanes of at least 4 members (excludes halogenated alkanes) is 2. The molecule has 0 aromatic rings. The topological polar surface area (TPSA) is 6.48 Å². The first-order valence-electron chi connectivity index (χ1n) is 10.4. The Morgan fingerprint density at radius 2 is 0.870 bits per heavy atom. The summed E-state index contributed by atoms with van der Waals surface area (Å²) in [5.41, 5.74) is 0. The van der Waals surface area contributed by atoms with Gasteiger partial charge in [0.25, 0.3) is 0 Å². The van der Waals surface area contributed by atoms with Crippen LogP contribution in [0.25, 0.3) is 0 Å². The van der Waals surface area contributed by atoms with Crippen LogP contribution in [0.2, 0.25) is 0 Å². The van der Waals surface area contributed by atoms with Crippen LogP contribution in [0.4, 0.5) is 0 Å². The van der Waals surface area contributed by atoms with Crippen LogP contribution >= 0.6 is 0 Å². The van der Waals surface area contributed by atoms with Crippen LogP contribution in [0, 0.1) is 0 Å². The monoisotopic (exact) mass is 326 g/mol. The molecule has 2 aliphatic carbocycles. The van der Waals surface area contributed by atoms with Gasteiger partial charge in [0.15, 0.2) is 0 Å². The minimum atomic E-state index is 0.888. The van der Waals surface area contributed by atoms with Crippen molar-refractivity contribution in [3.8, 4) is 0 Å². The van der Waals surface area contributed by atoms with Crippen molar-refractivity contribution in [2.75, 3.05) is 28.2 Å². The molecule has 0 spiro atoms. The molecule has 0 bridgehead atoms. The molecule has 2 heteroatoms. The highest BCUT2D eigenvalue weighted by Crippen LogP contribution is 2.20. The minimum absolute atomic E-state index is 0.888. The smallest absolute Gasteiger partial charge is 0.00891 e. The lowest BCUT2D eigenvalue weighted by molar-refractivity contribution is 0.229. The molecular formula is C21H46N2. The van der Waals surface area contributed by atoms with Gasteiger partial charge in [-0.3, -0.25) is 0 Å². The van der Waals surface area contributed by atoms with Gasteiger partial charge in [0.1, 0.15) is 0 Å². The molecule has 0 unspecified atom stereocenters. The fourth-order valence-corrected chi connectivity index (χ4v) is 3.55. The van der Waals surface area contributed by atoms with Crippen LogP contribution in [0.3, 0.4) is 0 Å². The van der Waals surface area contributed by atoms with Crippen molar-refractivity contribution in [3.63, 3.8) is 0 Å². The van der Waals surface area contributed by atoms with E-state index in [1.165, 1.54) is 83.5 Å². The normalized spacial score (nSPS) is 19.8. The second-order valence-corrected chi connectivity index (χ2v) is 7.86. The molecule has 2 nitrogen and oxygen atoms in total. The Morgan fingerprint density at radius 1 is 0.565 bits per heavy atom. The highest BCUT2D eigenvalue weighted by atomic mass is 15.1. The van der Waals surface area contributed by atoms with E-state index in [2.05, 4.69) is 51.8 Å². The number of hydrogen-bond donors (Lipinski definition) is 0. The maximum Gasteiger partial charge on any atom is 0.00891 e. The predicted molar refractivity (Wildman–Crippen MR) is 106 cm³/mol. The van der Waals surface area contributed by atoms with Gasteiger partial charge in [0.05, 0.1) is 0 Å². The van der Waals surface area contributed by atoms with Gasteiger partial charge < -0.3 is 9.80 Å². The van der Waals surface area contributed by atoms with Crippen LogP contribution in [0.5, 0.6) is 0 Å². The standard InChI is InChI=1S/2C8H17N.C5H12/c2*1-9(2)8-6-4-3-5-7-8;1-3-5-4-2/h2*8H,3-7H2,1-2H3;3-5H2,1-2H3. The van der Waals surface area contributed by atoms with E-state index in [4.69, 9.17) is 0 Å². The number of hydrogen-bond acceptors (Lipinski definition) is 2. The van der Waals surface area contributed by atoms with Crippen LogP contribution in [-0.4, -0.2) is 50.1 Å². The fourth-order valence-electron chi connectivity index (χ4n) is 3.55. The Morgan fingerprint density at radius 3 is 1.00 bits per heavy atom. The Hall–Kier alpha value is -0.0800. The second kappa shape index (κ2) is 15.4. The summed E-state index contributed by atoms with van der Waals surface area (Å²) in [6, 6.07) is 1.78. The highest BCUT2D eigenvalue weighted by molar-refractivity contribution is 4.71. The molecule has 0 radical (unpaired) electrons. The summed E-state index contributed by atoms with van der Waals surface area (Å²) in [5.74, 6) is 0. The molecule has 0 heterocycles. The summed E-state index contributed by atoms with van der Waals surface area (Å²) < 4.78 is 0. The Kier molecular flexibility index (Phi) is 15.4. The average molecular weight is 327 g/mol. The summed E-state index contributed by atoms with van der Waals surface area (Å²) >= 11 is 0. The Balaban J connectivity index is 0.000000332. The Labute approximate surface area is 148 Å². The van der Waals surface area contributed by atoms with Crippen molar-refractivity contribution in [3.05, 3.63) is 0 Å². The molecule has 2 aliphatic rings. The predicted octanol–water partition coefficient (Wildman–Crippen LogP) is 5.96. The lowest BCUT2D eigenvalue weighted by Crippen LogP contribution is -2.29. The average Bonchev–Trinajstić information content (AvgIpc) is 2.58. The number of rotatable bonds is 4. The van der Waals surface area contributed by atoms with Crippen molar-refractivity contribution < 1.29 is 0 Å². The molecule has 2 rings (SSSR count). The number of nitrogens with zero attached hydrogens (tertiary/aromatic N) is 2. The van der Waals surface area contributed by atoms with Gasteiger partial charge in [-0.2, -0.15) is 0 Å². The molecular weight excluding hydrogens is 280 g/mol. The first-order valence-corrected chi connectivity index (χ1v) is 10.4. The van der Waals surface area contributed by atoms with Gasteiger partial charge in [0, 0.05) is 12.1 Å². The van der Waals surface area contributed by atoms with E-state index in [1.54, 1.807) is 0 Å². The third kappa shape index (κ3) is 12.9. The van der Waals surface area contributed by atoms with Gasteiger partial charge >= 0.3 is 0 Å². The van der Waals surface area contributed by atoms with Crippen LogP contribution in [0.15, 0.2) is 0 Å². The quantitative estimate of drug-likeness (QED) is 0.629. The molecule has 0 saturated heterocycles. The van der Waals surface area contributed by atoms with Crippen LogP contribution < -0.4 is 0 Å². The highest BCUT2D eigenvalue weighted by Gasteiger charge is 2.14. The van der Waals surface area contributed by atoms with E-state index < -0.39 is 0 Å². The van der Waals surface area contributed by atoms with Gasteiger partial charge in [-0.15, -0.1) is 0 Å². The SMILES string of the molecule is CCCCC.CN(C)C1CCCCC1.CN(C)C1CCCCC1. The largest absolute Gasteiger partial charge is 0.306 e. The van der Waals surface area contributed by atoms with E-state index >= 15 is 0 Å². The van der Waals surface area contributed by atoms with E-state index in [0.717, 1.165) is 12.1 Å².